The van der Waals surface area contributed by atoms with Gasteiger partial charge in [0.1, 0.15) is 6.10 Å². The fraction of sp³-hybridized carbons (Fsp3) is 0.889. The second-order valence-corrected chi connectivity index (χ2v) is 15.0. The molecule has 0 saturated carbocycles. The Morgan fingerprint density at radius 2 is 0.918 bits per heavy atom. The number of carbonyl (C=O) groups excluding carboxylic acids is 1. The molecule has 0 aliphatic heterocycles. The summed E-state index contributed by atoms with van der Waals surface area (Å²) in [6, 6.07) is 0. The maximum Gasteiger partial charge on any atom is 0.306 e. The normalized spacial score (nSPS) is 12.0. The van der Waals surface area contributed by atoms with Crippen LogP contribution in [0.1, 0.15) is 226 Å². The average Bonchev–Trinajstić information content (AvgIpc) is 3.10. The predicted octanol–water partition coefficient (Wildman–Crippen LogP) is 13.8. The fourth-order valence-electron chi connectivity index (χ4n) is 6.79. The smallest absolute Gasteiger partial charge is 0.306 e. The Balaban J connectivity index is 3.94. The zero-order chi connectivity index (χ0) is 35.7. The Labute approximate surface area is 308 Å². The number of nitrogens with zero attached hydrogens (tertiary/aromatic N) is 1. The van der Waals surface area contributed by atoms with Crippen molar-refractivity contribution in [3.8, 4) is 0 Å². The van der Waals surface area contributed by atoms with Crippen molar-refractivity contribution >= 4 is 5.97 Å². The lowest BCUT2D eigenvalue weighted by Crippen LogP contribution is -2.31. The molecule has 0 spiro atoms. The van der Waals surface area contributed by atoms with E-state index in [0.29, 0.717) is 6.42 Å². The van der Waals surface area contributed by atoms with Gasteiger partial charge in [0, 0.05) is 19.5 Å². The first-order valence-corrected chi connectivity index (χ1v) is 22.1. The minimum Gasteiger partial charge on any atom is -0.462 e. The van der Waals surface area contributed by atoms with E-state index >= 15 is 0 Å². The summed E-state index contributed by atoms with van der Waals surface area (Å²) in [5, 5.41) is 0. The Kier molecular flexibility index (Phi) is 40.3. The van der Waals surface area contributed by atoms with Gasteiger partial charge >= 0.3 is 5.97 Å². The largest absolute Gasteiger partial charge is 0.462 e. The molecular formula is C45H88N2O2. The molecule has 0 radical (unpaired) electrons. The Hall–Kier alpha value is -1.13. The summed E-state index contributed by atoms with van der Waals surface area (Å²) in [7, 11) is 0. The van der Waals surface area contributed by atoms with Gasteiger partial charge in [-0.1, -0.05) is 167 Å². The Bertz CT molecular complexity index is 690. The van der Waals surface area contributed by atoms with Crippen LogP contribution in [0.4, 0.5) is 0 Å². The minimum absolute atomic E-state index is 0.0457. The van der Waals surface area contributed by atoms with E-state index in [0.717, 1.165) is 51.7 Å². The minimum atomic E-state index is 0.0457. The van der Waals surface area contributed by atoms with E-state index in [1.807, 2.05) is 0 Å². The maximum atomic E-state index is 12.7. The molecule has 0 unspecified atom stereocenters. The molecule has 0 saturated heterocycles. The summed E-state index contributed by atoms with van der Waals surface area (Å²) in [5.41, 5.74) is 5.93. The first-order chi connectivity index (χ1) is 24.2. The van der Waals surface area contributed by atoms with Gasteiger partial charge in [0.15, 0.2) is 0 Å². The molecule has 2 N–H and O–H groups in total. The molecule has 0 fully saturated rings. The van der Waals surface area contributed by atoms with E-state index in [1.165, 1.54) is 173 Å². The monoisotopic (exact) mass is 689 g/mol. The van der Waals surface area contributed by atoms with Crippen molar-refractivity contribution in [3.05, 3.63) is 24.3 Å². The van der Waals surface area contributed by atoms with E-state index in [2.05, 4.69) is 50.0 Å². The van der Waals surface area contributed by atoms with Crippen molar-refractivity contribution in [2.24, 2.45) is 5.73 Å². The zero-order valence-electron chi connectivity index (χ0n) is 33.7. The van der Waals surface area contributed by atoms with E-state index in [9.17, 15) is 4.79 Å². The van der Waals surface area contributed by atoms with Crippen LogP contribution in [0.2, 0.25) is 0 Å². The van der Waals surface area contributed by atoms with Crippen molar-refractivity contribution in [1.29, 1.82) is 0 Å². The first-order valence-electron chi connectivity index (χ1n) is 22.1. The van der Waals surface area contributed by atoms with Crippen molar-refractivity contribution < 1.29 is 9.53 Å². The van der Waals surface area contributed by atoms with E-state index in [-0.39, 0.29) is 12.1 Å². The first kappa shape index (κ1) is 47.9. The van der Waals surface area contributed by atoms with Gasteiger partial charge in [-0.25, -0.2) is 0 Å². The molecule has 49 heavy (non-hydrogen) atoms. The molecule has 0 aromatic carbocycles. The molecule has 4 nitrogen and oxygen atoms in total. The number of nitrogens with two attached hydrogens (primary N) is 1. The highest BCUT2D eigenvalue weighted by Gasteiger charge is 2.14. The molecule has 0 heterocycles. The third kappa shape index (κ3) is 37.9. The van der Waals surface area contributed by atoms with E-state index in [4.69, 9.17) is 10.5 Å². The summed E-state index contributed by atoms with van der Waals surface area (Å²) < 4.78 is 6.04. The van der Waals surface area contributed by atoms with Crippen molar-refractivity contribution in [2.45, 2.75) is 232 Å². The molecule has 290 valence electrons. The number of hydrogen-bond donors (Lipinski definition) is 1. The molecule has 0 aromatic rings. The number of esters is 1. The van der Waals surface area contributed by atoms with Gasteiger partial charge in [0.05, 0.1) is 0 Å². The SMILES string of the molecule is CCCCC/C=C\C/C=C\CCCCCCCCN(CCN)CCCCCCCC(=O)OC(CCCCCCCC)CCCCCCCC. The third-order valence-corrected chi connectivity index (χ3v) is 10.0. The lowest BCUT2D eigenvalue weighted by Gasteiger charge is -2.21. The van der Waals surface area contributed by atoms with Crippen LogP contribution in [-0.2, 0) is 9.53 Å². The summed E-state index contributed by atoms with van der Waals surface area (Å²) in [6.45, 7) is 10.9. The maximum absolute atomic E-state index is 12.7. The van der Waals surface area contributed by atoms with Crippen LogP contribution in [0, 0.1) is 0 Å². The molecule has 0 aliphatic rings. The lowest BCUT2D eigenvalue weighted by atomic mass is 10.0. The summed E-state index contributed by atoms with van der Waals surface area (Å²) in [5.74, 6) is 0.0457. The van der Waals surface area contributed by atoms with Crippen molar-refractivity contribution in [2.75, 3.05) is 26.2 Å². The van der Waals surface area contributed by atoms with Crippen LogP contribution < -0.4 is 5.73 Å². The number of hydrogen-bond acceptors (Lipinski definition) is 4. The number of allylic oxidation sites excluding steroid dienone is 4. The average molecular weight is 689 g/mol. The number of rotatable bonds is 40. The van der Waals surface area contributed by atoms with Gasteiger partial charge < -0.3 is 15.4 Å². The number of carbonyl (C=O) groups is 1. The predicted molar refractivity (Wildman–Crippen MR) is 218 cm³/mol. The Morgan fingerprint density at radius 3 is 1.43 bits per heavy atom. The third-order valence-electron chi connectivity index (χ3n) is 10.0. The van der Waals surface area contributed by atoms with Gasteiger partial charge in [-0.2, -0.15) is 0 Å². The molecule has 0 rings (SSSR count). The summed E-state index contributed by atoms with van der Waals surface area (Å²) in [6.07, 6.45) is 49.3. The number of ether oxygens (including phenoxy) is 1. The second kappa shape index (κ2) is 41.3. The molecule has 0 atom stereocenters. The van der Waals surface area contributed by atoms with Crippen LogP contribution >= 0.6 is 0 Å². The van der Waals surface area contributed by atoms with Gasteiger partial charge in [-0.15, -0.1) is 0 Å². The summed E-state index contributed by atoms with van der Waals surface area (Å²) in [4.78, 5) is 15.3. The molecule has 4 heteroatoms. The summed E-state index contributed by atoms with van der Waals surface area (Å²) >= 11 is 0. The van der Waals surface area contributed by atoms with E-state index < -0.39 is 0 Å². The topological polar surface area (TPSA) is 55.6 Å². The van der Waals surface area contributed by atoms with Crippen LogP contribution in [-0.4, -0.2) is 43.2 Å². The second-order valence-electron chi connectivity index (χ2n) is 15.0. The molecular weight excluding hydrogens is 601 g/mol. The van der Waals surface area contributed by atoms with E-state index in [1.54, 1.807) is 0 Å². The van der Waals surface area contributed by atoms with Crippen LogP contribution in [0.3, 0.4) is 0 Å². The molecule has 0 aromatic heterocycles. The highest BCUT2D eigenvalue weighted by atomic mass is 16.5. The van der Waals surface area contributed by atoms with Gasteiger partial charge in [-0.05, 0) is 90.1 Å². The van der Waals surface area contributed by atoms with Crippen LogP contribution in [0.5, 0.6) is 0 Å². The van der Waals surface area contributed by atoms with Gasteiger partial charge in [-0.3, -0.25) is 4.79 Å². The molecule has 0 bridgehead atoms. The van der Waals surface area contributed by atoms with Crippen molar-refractivity contribution in [3.63, 3.8) is 0 Å². The van der Waals surface area contributed by atoms with Crippen LogP contribution in [0.25, 0.3) is 0 Å². The van der Waals surface area contributed by atoms with Gasteiger partial charge in [0.2, 0.25) is 0 Å². The quantitative estimate of drug-likeness (QED) is 0.0395. The highest BCUT2D eigenvalue weighted by molar-refractivity contribution is 5.69. The van der Waals surface area contributed by atoms with Gasteiger partial charge in [0.25, 0.3) is 0 Å². The Morgan fingerprint density at radius 1 is 0.510 bits per heavy atom. The molecule has 0 amide bonds. The van der Waals surface area contributed by atoms with Crippen LogP contribution in [0.15, 0.2) is 24.3 Å². The standard InChI is InChI=1S/C45H88N2O2/c1-4-7-10-13-16-17-18-19-20-21-22-23-24-25-30-35-41-47(43-40-46)42-36-31-26-29-34-39-45(48)49-44(37-32-27-14-11-8-5-2)38-33-28-15-12-9-6-3/h16-17,19-20,44H,4-15,18,21-43,46H2,1-3H3/b17-16-,20-19-. The lowest BCUT2D eigenvalue weighted by molar-refractivity contribution is -0.150. The highest BCUT2D eigenvalue weighted by Crippen LogP contribution is 2.18. The molecule has 0 aliphatic carbocycles. The fourth-order valence-corrected chi connectivity index (χ4v) is 6.79. The van der Waals surface area contributed by atoms with Crippen molar-refractivity contribution in [1.82, 2.24) is 4.90 Å². The zero-order valence-corrected chi connectivity index (χ0v) is 33.7. The number of unbranched alkanes of at least 4 members (excludes halogenated alkanes) is 23.